The van der Waals surface area contributed by atoms with E-state index in [2.05, 4.69) is 5.10 Å². The monoisotopic (exact) mass is 415 g/mol. The van der Waals surface area contributed by atoms with Gasteiger partial charge in [-0.2, -0.15) is 5.10 Å². The minimum Gasteiger partial charge on any atom is -0.492 e. The minimum atomic E-state index is -0.570. The molecule has 6 nitrogen and oxygen atoms in total. The van der Waals surface area contributed by atoms with Gasteiger partial charge in [-0.1, -0.05) is 23.7 Å². The zero-order valence-corrected chi connectivity index (χ0v) is 16.7. The quantitative estimate of drug-likeness (QED) is 0.618. The average molecular weight is 416 g/mol. The van der Waals surface area contributed by atoms with Crippen LogP contribution in [0, 0.1) is 12.7 Å². The molecule has 1 heterocycles. The Morgan fingerprint density at radius 2 is 1.90 bits per heavy atom. The second kappa shape index (κ2) is 8.87. The first kappa shape index (κ1) is 20.5. The summed E-state index contributed by atoms with van der Waals surface area (Å²) in [5, 5.41) is 4.72. The van der Waals surface area contributed by atoms with Crippen molar-refractivity contribution in [3.05, 3.63) is 87.0 Å². The predicted molar refractivity (Wildman–Crippen MR) is 108 cm³/mol. The normalized spacial score (nSPS) is 10.6. The molecule has 0 radical (unpaired) electrons. The number of hydrogen-bond acceptors (Lipinski definition) is 4. The molecular formula is C21H19ClFN3O3. The number of rotatable bonds is 6. The maximum atomic E-state index is 14.1. The molecule has 3 aromatic rings. The molecule has 1 amide bonds. The number of benzene rings is 2. The highest BCUT2D eigenvalue weighted by atomic mass is 35.5. The van der Waals surface area contributed by atoms with Gasteiger partial charge in [0.1, 0.15) is 23.9 Å². The Bertz CT molecular complexity index is 1080. The highest BCUT2D eigenvalue weighted by Crippen LogP contribution is 2.16. The molecular weight excluding hydrogens is 397 g/mol. The topological polar surface area (TPSA) is 64.4 Å². The third kappa shape index (κ3) is 4.81. The fourth-order valence-electron chi connectivity index (χ4n) is 2.68. The van der Waals surface area contributed by atoms with Crippen molar-refractivity contribution in [3.8, 4) is 11.4 Å². The molecule has 0 spiro atoms. The summed E-state index contributed by atoms with van der Waals surface area (Å²) in [4.78, 5) is 26.4. The van der Waals surface area contributed by atoms with Gasteiger partial charge in [0.2, 0.25) is 5.43 Å². The van der Waals surface area contributed by atoms with E-state index in [0.29, 0.717) is 16.5 Å². The summed E-state index contributed by atoms with van der Waals surface area (Å²) in [5.74, 6) is -0.458. The Hall–Kier alpha value is -3.19. The van der Waals surface area contributed by atoms with Crippen molar-refractivity contribution in [1.82, 2.24) is 14.7 Å². The lowest BCUT2D eigenvalue weighted by molar-refractivity contribution is 0.0764. The van der Waals surface area contributed by atoms with Crippen LogP contribution in [0.3, 0.4) is 0 Å². The maximum Gasteiger partial charge on any atom is 0.278 e. The van der Waals surface area contributed by atoms with Gasteiger partial charge in [0.15, 0.2) is 5.69 Å². The molecule has 0 fully saturated rings. The van der Waals surface area contributed by atoms with Gasteiger partial charge in [0.25, 0.3) is 5.91 Å². The number of carbonyl (C=O) groups excluding carboxylic acids is 1. The lowest BCUT2D eigenvalue weighted by Gasteiger charge is -2.18. The van der Waals surface area contributed by atoms with E-state index in [1.165, 1.54) is 27.8 Å². The molecule has 1 aromatic heterocycles. The number of carbonyl (C=O) groups is 1. The summed E-state index contributed by atoms with van der Waals surface area (Å²) < 4.78 is 21.0. The summed E-state index contributed by atoms with van der Waals surface area (Å²) in [5.41, 5.74) is -0.225. The standard InChI is InChI=1S/C21H19ClFN3O3/c1-14-13-19(27)20(24-26(14)18-6-4-3-5-17(18)23)21(28)25(2)11-12-29-16-9-7-15(22)8-10-16/h3-10,13H,11-12H2,1-2H3. The van der Waals surface area contributed by atoms with Crippen molar-refractivity contribution < 1.29 is 13.9 Å². The van der Waals surface area contributed by atoms with E-state index in [1.54, 1.807) is 50.4 Å². The number of aromatic nitrogens is 2. The van der Waals surface area contributed by atoms with Crippen LogP contribution >= 0.6 is 11.6 Å². The van der Waals surface area contributed by atoms with E-state index in [1.807, 2.05) is 0 Å². The van der Waals surface area contributed by atoms with E-state index < -0.39 is 17.2 Å². The van der Waals surface area contributed by atoms with E-state index >= 15 is 0 Å². The van der Waals surface area contributed by atoms with Gasteiger partial charge < -0.3 is 9.64 Å². The minimum absolute atomic E-state index is 0.160. The van der Waals surface area contributed by atoms with E-state index in [4.69, 9.17) is 16.3 Å². The molecule has 0 bridgehead atoms. The first-order chi connectivity index (χ1) is 13.9. The van der Waals surface area contributed by atoms with Crippen molar-refractivity contribution in [2.75, 3.05) is 20.2 Å². The summed E-state index contributed by atoms with van der Waals surface area (Å²) in [7, 11) is 1.54. The van der Waals surface area contributed by atoms with Gasteiger partial charge in [-0.05, 0) is 43.3 Å². The molecule has 3 rings (SSSR count). The third-order valence-electron chi connectivity index (χ3n) is 4.25. The van der Waals surface area contributed by atoms with Crippen molar-refractivity contribution in [3.63, 3.8) is 0 Å². The van der Waals surface area contributed by atoms with Crippen molar-refractivity contribution in [2.45, 2.75) is 6.92 Å². The summed E-state index contributed by atoms with van der Waals surface area (Å²) in [6.45, 7) is 2.08. The molecule has 0 aliphatic heterocycles. The van der Waals surface area contributed by atoms with Crippen molar-refractivity contribution >= 4 is 17.5 Å². The first-order valence-electron chi connectivity index (χ1n) is 8.86. The third-order valence-corrected chi connectivity index (χ3v) is 4.50. The van der Waals surface area contributed by atoms with Gasteiger partial charge in [0, 0.05) is 23.8 Å². The lowest BCUT2D eigenvalue weighted by atomic mass is 10.2. The number of nitrogens with zero attached hydrogens (tertiary/aromatic N) is 3. The average Bonchev–Trinajstić information content (AvgIpc) is 2.70. The number of aryl methyl sites for hydroxylation is 1. The number of ether oxygens (including phenoxy) is 1. The fraction of sp³-hybridized carbons (Fsp3) is 0.190. The summed E-state index contributed by atoms with van der Waals surface area (Å²) in [6, 6.07) is 14.1. The van der Waals surface area contributed by atoms with E-state index in [-0.39, 0.29) is 24.5 Å². The van der Waals surface area contributed by atoms with Crippen LogP contribution < -0.4 is 10.2 Å². The number of amides is 1. The Labute approximate surface area is 172 Å². The second-order valence-corrected chi connectivity index (χ2v) is 6.83. The van der Waals surface area contributed by atoms with Crippen LogP contribution in [-0.4, -0.2) is 40.8 Å². The van der Waals surface area contributed by atoms with Crippen LogP contribution in [0.15, 0.2) is 59.4 Å². The predicted octanol–water partition coefficient (Wildman–Crippen LogP) is 3.48. The zero-order chi connectivity index (χ0) is 21.0. The molecule has 0 atom stereocenters. The molecule has 0 aliphatic carbocycles. The molecule has 29 heavy (non-hydrogen) atoms. The largest absolute Gasteiger partial charge is 0.492 e. The SMILES string of the molecule is Cc1cc(=O)c(C(=O)N(C)CCOc2ccc(Cl)cc2)nn1-c1ccccc1F. The highest BCUT2D eigenvalue weighted by Gasteiger charge is 2.20. The molecule has 0 N–H and O–H groups in total. The van der Waals surface area contributed by atoms with Crippen LogP contribution in [0.1, 0.15) is 16.2 Å². The van der Waals surface area contributed by atoms with Crippen molar-refractivity contribution in [1.29, 1.82) is 0 Å². The molecule has 8 heteroatoms. The number of hydrogen-bond donors (Lipinski definition) is 0. The van der Waals surface area contributed by atoms with Crippen LogP contribution in [0.2, 0.25) is 5.02 Å². The first-order valence-corrected chi connectivity index (χ1v) is 9.24. The van der Waals surface area contributed by atoms with E-state index in [9.17, 15) is 14.0 Å². The van der Waals surface area contributed by atoms with Gasteiger partial charge >= 0.3 is 0 Å². The molecule has 0 aliphatic rings. The van der Waals surface area contributed by atoms with Crippen LogP contribution in [0.25, 0.3) is 5.69 Å². The smallest absolute Gasteiger partial charge is 0.278 e. The van der Waals surface area contributed by atoms with Crippen LogP contribution in [0.5, 0.6) is 5.75 Å². The Kier molecular flexibility index (Phi) is 6.29. The molecule has 150 valence electrons. The second-order valence-electron chi connectivity index (χ2n) is 6.39. The fourth-order valence-corrected chi connectivity index (χ4v) is 2.80. The Morgan fingerprint density at radius 1 is 1.21 bits per heavy atom. The number of halogens is 2. The van der Waals surface area contributed by atoms with Crippen LogP contribution in [-0.2, 0) is 0 Å². The molecule has 0 saturated heterocycles. The van der Waals surface area contributed by atoms with Gasteiger partial charge in [-0.3, -0.25) is 9.59 Å². The molecule has 0 saturated carbocycles. The number of para-hydroxylation sites is 1. The van der Waals surface area contributed by atoms with Crippen molar-refractivity contribution in [2.24, 2.45) is 0 Å². The van der Waals surface area contributed by atoms with Gasteiger partial charge in [-0.25, -0.2) is 9.07 Å². The van der Waals surface area contributed by atoms with E-state index in [0.717, 1.165) is 0 Å². The van der Waals surface area contributed by atoms with Gasteiger partial charge in [0.05, 0.1) is 6.54 Å². The summed E-state index contributed by atoms with van der Waals surface area (Å²) in [6.07, 6.45) is 0. The molecule has 0 unspecified atom stereocenters. The Balaban J connectivity index is 1.76. The zero-order valence-electron chi connectivity index (χ0n) is 15.9. The summed E-state index contributed by atoms with van der Waals surface area (Å²) >= 11 is 5.83. The highest BCUT2D eigenvalue weighted by molar-refractivity contribution is 6.30. The maximum absolute atomic E-state index is 14.1. The lowest BCUT2D eigenvalue weighted by Crippen LogP contribution is -2.36. The molecule has 2 aromatic carbocycles. The van der Waals surface area contributed by atoms with Crippen LogP contribution in [0.4, 0.5) is 4.39 Å². The Morgan fingerprint density at radius 3 is 2.59 bits per heavy atom. The van der Waals surface area contributed by atoms with Gasteiger partial charge in [-0.15, -0.1) is 0 Å². The number of likely N-dealkylation sites (N-methyl/N-ethyl adjacent to an activating group) is 1.